The molecular weight excluding hydrogens is 420 g/mol. The number of hydrogen-bond acceptors (Lipinski definition) is 5. The molecule has 7 heteroatoms. The molecule has 0 aliphatic carbocycles. The zero-order chi connectivity index (χ0) is 22.2. The minimum absolute atomic E-state index is 0.0167. The van der Waals surface area contributed by atoms with E-state index >= 15 is 0 Å². The standard InChI is InChI=1S/C25H24N4O2S/c1-16-22-19(15-20(21-9-6-14-32-21)26-24(22)28(2)27-16)25(31)29-12-10-18(11-13-29)23(30)17-7-4-3-5-8-17/h3-9,14-15,18H,10-13H2,1-2H3. The van der Waals surface area contributed by atoms with Crippen molar-refractivity contribution in [1.82, 2.24) is 19.7 Å². The molecule has 32 heavy (non-hydrogen) atoms. The number of aromatic nitrogens is 3. The van der Waals surface area contributed by atoms with Gasteiger partial charge in [-0.25, -0.2) is 4.98 Å². The molecule has 1 saturated heterocycles. The Morgan fingerprint density at radius 3 is 2.50 bits per heavy atom. The molecular formula is C25H24N4O2S. The molecule has 162 valence electrons. The van der Waals surface area contributed by atoms with Gasteiger partial charge in [0.25, 0.3) is 5.91 Å². The number of aryl methyl sites for hydroxylation is 2. The molecule has 0 bridgehead atoms. The van der Waals surface area contributed by atoms with Crippen molar-refractivity contribution in [1.29, 1.82) is 0 Å². The molecule has 0 spiro atoms. The fourth-order valence-electron chi connectivity index (χ4n) is 4.52. The summed E-state index contributed by atoms with van der Waals surface area (Å²) in [5, 5.41) is 7.32. The van der Waals surface area contributed by atoms with E-state index in [-0.39, 0.29) is 17.6 Å². The van der Waals surface area contributed by atoms with Crippen molar-refractivity contribution in [3.63, 3.8) is 0 Å². The summed E-state index contributed by atoms with van der Waals surface area (Å²) >= 11 is 1.60. The van der Waals surface area contributed by atoms with Gasteiger partial charge in [0, 0.05) is 31.6 Å². The van der Waals surface area contributed by atoms with Crippen molar-refractivity contribution in [2.24, 2.45) is 13.0 Å². The number of carbonyl (C=O) groups excluding carboxylic acids is 2. The number of carbonyl (C=O) groups is 2. The molecule has 4 heterocycles. The highest BCUT2D eigenvalue weighted by molar-refractivity contribution is 7.13. The summed E-state index contributed by atoms with van der Waals surface area (Å²) in [4.78, 5) is 34.1. The molecule has 1 amide bonds. The largest absolute Gasteiger partial charge is 0.339 e. The van der Waals surface area contributed by atoms with E-state index < -0.39 is 0 Å². The van der Waals surface area contributed by atoms with Crippen LogP contribution in [0.4, 0.5) is 0 Å². The van der Waals surface area contributed by atoms with Gasteiger partial charge >= 0.3 is 0 Å². The summed E-state index contributed by atoms with van der Waals surface area (Å²) in [6, 6.07) is 15.3. The minimum Gasteiger partial charge on any atom is -0.339 e. The Balaban J connectivity index is 1.42. The van der Waals surface area contributed by atoms with Gasteiger partial charge in [0.2, 0.25) is 0 Å². The molecule has 0 radical (unpaired) electrons. The minimum atomic E-state index is -0.0410. The van der Waals surface area contributed by atoms with Crippen LogP contribution in [0.1, 0.15) is 39.3 Å². The van der Waals surface area contributed by atoms with Crippen molar-refractivity contribution in [3.05, 3.63) is 70.7 Å². The lowest BCUT2D eigenvalue weighted by Crippen LogP contribution is -2.40. The molecule has 6 nitrogen and oxygen atoms in total. The highest BCUT2D eigenvalue weighted by Gasteiger charge is 2.30. The van der Waals surface area contributed by atoms with Crippen LogP contribution in [0.3, 0.4) is 0 Å². The quantitative estimate of drug-likeness (QED) is 0.427. The second-order valence-electron chi connectivity index (χ2n) is 8.24. The topological polar surface area (TPSA) is 68.1 Å². The van der Waals surface area contributed by atoms with Crippen LogP contribution in [-0.4, -0.2) is 44.4 Å². The van der Waals surface area contributed by atoms with Gasteiger partial charge in [0.1, 0.15) is 0 Å². The van der Waals surface area contributed by atoms with Crippen LogP contribution in [0, 0.1) is 12.8 Å². The Hall–Kier alpha value is -3.32. The van der Waals surface area contributed by atoms with Gasteiger partial charge in [-0.3, -0.25) is 14.3 Å². The number of amides is 1. The summed E-state index contributed by atoms with van der Waals surface area (Å²) in [5.41, 5.74) is 3.68. The zero-order valence-corrected chi connectivity index (χ0v) is 18.9. The van der Waals surface area contributed by atoms with Crippen molar-refractivity contribution in [2.75, 3.05) is 13.1 Å². The first-order valence-electron chi connectivity index (χ1n) is 10.8. The number of rotatable bonds is 4. The number of piperidine rings is 1. The molecule has 4 aromatic rings. The van der Waals surface area contributed by atoms with Crippen molar-refractivity contribution >= 4 is 34.1 Å². The van der Waals surface area contributed by atoms with E-state index in [4.69, 9.17) is 4.98 Å². The van der Waals surface area contributed by atoms with Gasteiger partial charge in [0.15, 0.2) is 11.4 Å². The number of Topliss-reactive ketones (excluding diaryl/α,β-unsaturated/α-hetero) is 1. The normalized spacial score (nSPS) is 14.8. The van der Waals surface area contributed by atoms with Crippen LogP contribution < -0.4 is 0 Å². The summed E-state index contributed by atoms with van der Waals surface area (Å²) in [6.07, 6.45) is 1.36. The second-order valence-corrected chi connectivity index (χ2v) is 9.18. The molecule has 0 unspecified atom stereocenters. The highest BCUT2D eigenvalue weighted by Crippen LogP contribution is 2.31. The number of likely N-dealkylation sites (tertiary alicyclic amines) is 1. The first-order valence-corrected chi connectivity index (χ1v) is 11.7. The first kappa shape index (κ1) is 20.6. The molecule has 1 aliphatic rings. The number of nitrogens with zero attached hydrogens (tertiary/aromatic N) is 4. The maximum Gasteiger partial charge on any atom is 0.254 e. The van der Waals surface area contributed by atoms with Crippen LogP contribution in [0.25, 0.3) is 21.6 Å². The van der Waals surface area contributed by atoms with Crippen LogP contribution in [0.5, 0.6) is 0 Å². The number of fused-ring (bicyclic) bond motifs is 1. The Morgan fingerprint density at radius 2 is 1.81 bits per heavy atom. The predicted molar refractivity (Wildman–Crippen MR) is 126 cm³/mol. The monoisotopic (exact) mass is 444 g/mol. The summed E-state index contributed by atoms with van der Waals surface area (Å²) < 4.78 is 1.74. The summed E-state index contributed by atoms with van der Waals surface area (Å²) in [5.74, 6) is 0.115. The lowest BCUT2D eigenvalue weighted by molar-refractivity contribution is 0.0652. The third kappa shape index (κ3) is 3.62. The van der Waals surface area contributed by atoms with Crippen molar-refractivity contribution in [3.8, 4) is 10.6 Å². The van der Waals surface area contributed by atoms with Crippen LogP contribution in [0.15, 0.2) is 53.9 Å². The first-order chi connectivity index (χ1) is 15.5. The van der Waals surface area contributed by atoms with E-state index in [1.165, 1.54) is 0 Å². The molecule has 0 atom stereocenters. The third-order valence-electron chi connectivity index (χ3n) is 6.18. The number of thiophene rings is 1. The zero-order valence-electron chi connectivity index (χ0n) is 18.1. The Morgan fingerprint density at radius 1 is 1.06 bits per heavy atom. The van der Waals surface area contributed by atoms with Crippen LogP contribution in [-0.2, 0) is 7.05 Å². The number of ketones is 1. The maximum absolute atomic E-state index is 13.6. The van der Waals surface area contributed by atoms with Crippen molar-refractivity contribution < 1.29 is 9.59 Å². The third-order valence-corrected chi connectivity index (χ3v) is 7.08. The predicted octanol–water partition coefficient (Wildman–Crippen LogP) is 4.74. The van der Waals surface area contributed by atoms with Gasteiger partial charge in [-0.2, -0.15) is 5.10 Å². The SMILES string of the molecule is Cc1nn(C)c2nc(-c3cccs3)cc(C(=O)N3CCC(C(=O)c4ccccc4)CC3)c12. The van der Waals surface area contributed by atoms with E-state index in [0.29, 0.717) is 37.1 Å². The average Bonchev–Trinajstić information content (AvgIpc) is 3.47. The molecule has 3 aromatic heterocycles. The molecule has 0 N–H and O–H groups in total. The van der Waals surface area contributed by atoms with E-state index in [1.807, 2.05) is 72.8 Å². The lowest BCUT2D eigenvalue weighted by Gasteiger charge is -2.31. The number of pyridine rings is 1. The summed E-state index contributed by atoms with van der Waals surface area (Å²) in [7, 11) is 1.86. The molecule has 0 saturated carbocycles. The van der Waals surface area contributed by atoms with Crippen LogP contribution in [0.2, 0.25) is 0 Å². The van der Waals surface area contributed by atoms with E-state index in [0.717, 1.165) is 27.2 Å². The number of hydrogen-bond donors (Lipinski definition) is 0. The number of benzene rings is 1. The van der Waals surface area contributed by atoms with Gasteiger partial charge in [-0.1, -0.05) is 36.4 Å². The van der Waals surface area contributed by atoms with Gasteiger partial charge < -0.3 is 4.90 Å². The highest BCUT2D eigenvalue weighted by atomic mass is 32.1. The fourth-order valence-corrected chi connectivity index (χ4v) is 5.20. The second kappa shape index (κ2) is 8.31. The molecule has 1 aromatic carbocycles. The van der Waals surface area contributed by atoms with E-state index in [2.05, 4.69) is 5.10 Å². The van der Waals surface area contributed by atoms with Gasteiger partial charge in [-0.15, -0.1) is 11.3 Å². The van der Waals surface area contributed by atoms with Crippen molar-refractivity contribution in [2.45, 2.75) is 19.8 Å². The maximum atomic E-state index is 13.6. The lowest BCUT2D eigenvalue weighted by atomic mass is 9.88. The molecule has 1 fully saturated rings. The molecule has 5 rings (SSSR count). The Kier molecular flexibility index (Phi) is 5.35. The molecule has 1 aliphatic heterocycles. The van der Waals surface area contributed by atoms with E-state index in [1.54, 1.807) is 16.0 Å². The Labute approximate surface area is 190 Å². The van der Waals surface area contributed by atoms with Crippen LogP contribution >= 0.6 is 11.3 Å². The Bertz CT molecular complexity index is 1290. The summed E-state index contributed by atoms with van der Waals surface area (Å²) in [6.45, 7) is 3.05. The van der Waals surface area contributed by atoms with E-state index in [9.17, 15) is 9.59 Å². The van der Waals surface area contributed by atoms with Gasteiger partial charge in [-0.05, 0) is 37.3 Å². The fraction of sp³-hybridized carbons (Fsp3) is 0.280. The average molecular weight is 445 g/mol. The van der Waals surface area contributed by atoms with Gasteiger partial charge in [0.05, 0.1) is 27.2 Å². The smallest absolute Gasteiger partial charge is 0.254 e.